The summed E-state index contributed by atoms with van der Waals surface area (Å²) in [6.07, 6.45) is 1.57. The lowest BCUT2D eigenvalue weighted by atomic mass is 9.86. The molecule has 0 aliphatic carbocycles. The van der Waals surface area contributed by atoms with Crippen molar-refractivity contribution in [3.05, 3.63) is 59.8 Å². The third-order valence-corrected chi connectivity index (χ3v) is 4.97. The molecule has 5 heteroatoms. The van der Waals surface area contributed by atoms with Gasteiger partial charge >= 0.3 is 0 Å². The monoisotopic (exact) mass is 392 g/mol. The van der Waals surface area contributed by atoms with E-state index in [2.05, 4.69) is 55.3 Å². The van der Waals surface area contributed by atoms with Gasteiger partial charge in [-0.25, -0.2) is 0 Å². The molecule has 0 radical (unpaired) electrons. The van der Waals surface area contributed by atoms with Gasteiger partial charge in [-0.3, -0.25) is 9.78 Å². The number of carbonyl (C=O) groups is 1. The first-order valence-corrected chi connectivity index (χ1v) is 9.73. The minimum absolute atomic E-state index is 0.0845. The Hall–Kier alpha value is -2.92. The molecule has 0 saturated heterocycles. The largest absolute Gasteiger partial charge is 0.497 e. The van der Waals surface area contributed by atoms with E-state index in [9.17, 15) is 4.79 Å². The normalized spacial score (nSPS) is 12.6. The Morgan fingerprint density at radius 2 is 1.86 bits per heavy atom. The number of ether oxygens (including phenoxy) is 1. The number of aliphatic hydroxyl groups is 1. The molecule has 152 valence electrons. The summed E-state index contributed by atoms with van der Waals surface area (Å²) in [5, 5.41) is 12.7. The molecule has 0 aliphatic rings. The van der Waals surface area contributed by atoms with Crippen molar-refractivity contribution in [3.63, 3.8) is 0 Å². The van der Waals surface area contributed by atoms with E-state index in [0.717, 1.165) is 22.0 Å². The number of methoxy groups -OCH3 is 1. The first kappa shape index (κ1) is 20.8. The van der Waals surface area contributed by atoms with Crippen molar-refractivity contribution < 1.29 is 14.6 Å². The molecular formula is C24H28N2O3. The lowest BCUT2D eigenvalue weighted by Gasteiger charge is -2.19. The van der Waals surface area contributed by atoms with Gasteiger partial charge in [-0.1, -0.05) is 45.0 Å². The van der Waals surface area contributed by atoms with Crippen molar-refractivity contribution in [2.75, 3.05) is 13.7 Å². The second kappa shape index (κ2) is 8.21. The number of amides is 1. The summed E-state index contributed by atoms with van der Waals surface area (Å²) in [7, 11) is 1.63. The number of aliphatic hydroxyl groups excluding tert-OH is 1. The van der Waals surface area contributed by atoms with Crippen LogP contribution >= 0.6 is 0 Å². The summed E-state index contributed by atoms with van der Waals surface area (Å²) in [6.45, 7) is 8.20. The highest BCUT2D eigenvalue weighted by Crippen LogP contribution is 2.33. The highest BCUT2D eigenvalue weighted by atomic mass is 16.5. The zero-order valence-corrected chi connectivity index (χ0v) is 17.6. The number of pyridine rings is 1. The fraction of sp³-hybridized carbons (Fsp3) is 0.333. The molecule has 0 spiro atoms. The van der Waals surface area contributed by atoms with Gasteiger partial charge in [-0.2, -0.15) is 0 Å². The highest BCUT2D eigenvalue weighted by molar-refractivity contribution is 6.01. The van der Waals surface area contributed by atoms with Crippen LogP contribution in [-0.2, 0) is 5.41 Å². The van der Waals surface area contributed by atoms with Crippen LogP contribution in [0, 0.1) is 0 Å². The number of carbonyl (C=O) groups excluding carboxylic acids is 1. The van der Waals surface area contributed by atoms with Gasteiger partial charge in [0.2, 0.25) is 0 Å². The average molecular weight is 392 g/mol. The third kappa shape index (κ3) is 4.57. The smallest absolute Gasteiger partial charge is 0.253 e. The molecule has 0 unspecified atom stereocenters. The van der Waals surface area contributed by atoms with Crippen LogP contribution in [0.2, 0.25) is 0 Å². The number of nitrogens with zero attached hydrogens (tertiary/aromatic N) is 1. The predicted molar refractivity (Wildman–Crippen MR) is 116 cm³/mol. The van der Waals surface area contributed by atoms with E-state index >= 15 is 0 Å². The lowest BCUT2D eigenvalue weighted by molar-refractivity contribution is 0.0922. The Morgan fingerprint density at radius 1 is 1.17 bits per heavy atom. The Morgan fingerprint density at radius 3 is 2.45 bits per heavy atom. The second-order valence-electron chi connectivity index (χ2n) is 8.36. The van der Waals surface area contributed by atoms with Gasteiger partial charge in [-0.15, -0.1) is 0 Å². The summed E-state index contributed by atoms with van der Waals surface area (Å²) < 4.78 is 5.48. The zero-order chi connectivity index (χ0) is 21.2. The Kier molecular flexibility index (Phi) is 5.89. The standard InChI is InChI=1S/C24H28N2O3/c1-15(14-27)26-23(28)18-10-17-11-20(29-5)12-21(22(17)25-13-18)16-6-8-19(9-7-16)24(2,3)4/h6-13,15,27H,14H2,1-5H3,(H,26,28)/t15-/m1/s1. The summed E-state index contributed by atoms with van der Waals surface area (Å²) >= 11 is 0. The van der Waals surface area contributed by atoms with Gasteiger partial charge in [0, 0.05) is 23.2 Å². The van der Waals surface area contributed by atoms with Crippen LogP contribution in [0.25, 0.3) is 22.0 Å². The van der Waals surface area contributed by atoms with Crippen molar-refractivity contribution in [2.24, 2.45) is 0 Å². The Balaban J connectivity index is 2.07. The van der Waals surface area contributed by atoms with Crippen LogP contribution in [0.4, 0.5) is 0 Å². The first-order valence-electron chi connectivity index (χ1n) is 9.73. The highest BCUT2D eigenvalue weighted by Gasteiger charge is 2.16. The lowest BCUT2D eigenvalue weighted by Crippen LogP contribution is -2.35. The SMILES string of the molecule is COc1cc(-c2ccc(C(C)(C)C)cc2)c2ncc(C(=O)N[C@H](C)CO)cc2c1. The molecule has 1 amide bonds. The van der Waals surface area contributed by atoms with Gasteiger partial charge in [-0.05, 0) is 41.7 Å². The average Bonchev–Trinajstić information content (AvgIpc) is 2.71. The van der Waals surface area contributed by atoms with Crippen LogP contribution in [0.3, 0.4) is 0 Å². The van der Waals surface area contributed by atoms with E-state index in [0.29, 0.717) is 11.3 Å². The van der Waals surface area contributed by atoms with Crippen molar-refractivity contribution >= 4 is 16.8 Å². The summed E-state index contributed by atoms with van der Waals surface area (Å²) in [5.41, 5.74) is 4.59. The van der Waals surface area contributed by atoms with Gasteiger partial charge in [0.25, 0.3) is 5.91 Å². The molecule has 5 nitrogen and oxygen atoms in total. The molecule has 3 aromatic rings. The number of nitrogens with one attached hydrogen (secondary N) is 1. The quantitative estimate of drug-likeness (QED) is 0.678. The topological polar surface area (TPSA) is 71.5 Å². The molecule has 3 rings (SSSR count). The number of rotatable bonds is 5. The molecule has 2 aromatic carbocycles. The van der Waals surface area contributed by atoms with Crippen LogP contribution in [0.15, 0.2) is 48.7 Å². The summed E-state index contributed by atoms with van der Waals surface area (Å²) in [5.74, 6) is 0.440. The fourth-order valence-electron chi connectivity index (χ4n) is 3.19. The summed E-state index contributed by atoms with van der Waals surface area (Å²) in [6, 6.07) is 13.8. The first-order chi connectivity index (χ1) is 13.7. The molecule has 1 aromatic heterocycles. The van der Waals surface area contributed by atoms with Crippen molar-refractivity contribution in [2.45, 2.75) is 39.2 Å². The number of fused-ring (bicyclic) bond motifs is 1. The van der Waals surface area contributed by atoms with Crippen LogP contribution in [-0.4, -0.2) is 35.8 Å². The number of aromatic nitrogens is 1. The van der Waals surface area contributed by atoms with Gasteiger partial charge in [0.1, 0.15) is 5.75 Å². The van der Waals surface area contributed by atoms with E-state index in [-0.39, 0.29) is 24.0 Å². The molecule has 2 N–H and O–H groups in total. The summed E-state index contributed by atoms with van der Waals surface area (Å²) in [4.78, 5) is 17.0. The van der Waals surface area contributed by atoms with E-state index in [1.165, 1.54) is 5.56 Å². The Bertz CT molecular complexity index is 1020. The molecule has 0 aliphatic heterocycles. The van der Waals surface area contributed by atoms with Crippen molar-refractivity contribution in [1.29, 1.82) is 0 Å². The molecule has 0 bridgehead atoms. The molecular weight excluding hydrogens is 364 g/mol. The molecule has 0 saturated carbocycles. The van der Waals surface area contributed by atoms with Crippen molar-refractivity contribution in [3.8, 4) is 16.9 Å². The maximum absolute atomic E-state index is 12.4. The fourth-order valence-corrected chi connectivity index (χ4v) is 3.19. The number of benzene rings is 2. The molecule has 1 atom stereocenters. The zero-order valence-electron chi connectivity index (χ0n) is 17.6. The van der Waals surface area contributed by atoms with E-state index in [4.69, 9.17) is 9.84 Å². The van der Waals surface area contributed by atoms with E-state index in [1.807, 2.05) is 12.1 Å². The van der Waals surface area contributed by atoms with Gasteiger partial charge < -0.3 is 15.2 Å². The van der Waals surface area contributed by atoms with Crippen molar-refractivity contribution in [1.82, 2.24) is 10.3 Å². The predicted octanol–water partition coefficient (Wildman–Crippen LogP) is 4.32. The van der Waals surface area contributed by atoms with Crippen LogP contribution in [0.1, 0.15) is 43.6 Å². The maximum atomic E-state index is 12.4. The molecule has 1 heterocycles. The van der Waals surface area contributed by atoms with Gasteiger partial charge in [0.05, 0.1) is 24.8 Å². The van der Waals surface area contributed by atoms with Gasteiger partial charge in [0.15, 0.2) is 0 Å². The minimum atomic E-state index is -0.319. The van der Waals surface area contributed by atoms with Crippen LogP contribution in [0.5, 0.6) is 5.75 Å². The Labute approximate surface area is 171 Å². The minimum Gasteiger partial charge on any atom is -0.497 e. The van der Waals surface area contributed by atoms with E-state index in [1.54, 1.807) is 26.3 Å². The maximum Gasteiger partial charge on any atom is 0.253 e. The third-order valence-electron chi connectivity index (χ3n) is 4.97. The molecule has 29 heavy (non-hydrogen) atoms. The number of hydrogen-bond donors (Lipinski definition) is 2. The van der Waals surface area contributed by atoms with Crippen LogP contribution < -0.4 is 10.1 Å². The number of hydrogen-bond acceptors (Lipinski definition) is 4. The molecule has 0 fully saturated rings. The van der Waals surface area contributed by atoms with E-state index < -0.39 is 0 Å². The second-order valence-corrected chi connectivity index (χ2v) is 8.36.